The van der Waals surface area contributed by atoms with Crippen molar-refractivity contribution in [3.05, 3.63) is 21.9 Å². The van der Waals surface area contributed by atoms with E-state index in [1.165, 1.54) is 0 Å². The van der Waals surface area contributed by atoms with E-state index in [4.69, 9.17) is 28.3 Å². The molecule has 0 unspecified atom stereocenters. The number of pyridine rings is 1. The zero-order chi connectivity index (χ0) is 11.8. The van der Waals surface area contributed by atoms with Crippen molar-refractivity contribution < 1.29 is 17.2 Å². The Morgan fingerprint density at radius 3 is 2.33 bits per heavy atom. The fourth-order valence-corrected chi connectivity index (χ4v) is 2.23. The Bertz CT molecular complexity index is 492. The minimum Gasteiger partial charge on any atom is -0.243 e. The molecule has 1 aromatic rings. The first-order valence-corrected chi connectivity index (χ1v) is 5.70. The molecular weight excluding hydrogens is 273 g/mol. The van der Waals surface area contributed by atoms with Crippen LogP contribution in [0.5, 0.6) is 0 Å². The van der Waals surface area contributed by atoms with Crippen LogP contribution < -0.4 is 5.14 Å². The van der Waals surface area contributed by atoms with Gasteiger partial charge < -0.3 is 0 Å². The van der Waals surface area contributed by atoms with Gasteiger partial charge in [0.1, 0.15) is 10.0 Å². The number of sulfonamides is 1. The molecule has 0 atom stereocenters. The molecule has 0 aliphatic carbocycles. The normalized spacial score (nSPS) is 12.1. The van der Waals surface area contributed by atoms with Crippen LogP contribution in [-0.2, 0) is 10.0 Å². The zero-order valence-corrected chi connectivity index (χ0v) is 9.24. The molecular formula is C6H4Cl2F2N2O2S. The lowest BCUT2D eigenvalue weighted by Gasteiger charge is -2.08. The van der Waals surface area contributed by atoms with E-state index in [2.05, 4.69) is 4.98 Å². The van der Waals surface area contributed by atoms with E-state index >= 15 is 0 Å². The summed E-state index contributed by atoms with van der Waals surface area (Å²) < 4.78 is 46.6. The lowest BCUT2D eigenvalue weighted by molar-refractivity contribution is 0.151. The largest absolute Gasteiger partial charge is 0.268 e. The summed E-state index contributed by atoms with van der Waals surface area (Å²) in [6.07, 6.45) is -2.30. The maximum absolute atomic E-state index is 12.4. The maximum atomic E-state index is 12.4. The van der Waals surface area contributed by atoms with Crippen molar-refractivity contribution in [2.75, 3.05) is 0 Å². The fraction of sp³-hybridized carbons (Fsp3) is 0.167. The van der Waals surface area contributed by atoms with Gasteiger partial charge in [-0.3, -0.25) is 0 Å². The molecule has 0 saturated carbocycles. The summed E-state index contributed by atoms with van der Waals surface area (Å²) in [6.45, 7) is 0. The molecule has 0 amide bonds. The van der Waals surface area contributed by atoms with Crippen molar-refractivity contribution in [1.82, 2.24) is 4.98 Å². The first-order chi connectivity index (χ1) is 6.75. The van der Waals surface area contributed by atoms with Crippen molar-refractivity contribution in [3.63, 3.8) is 0 Å². The molecule has 1 aromatic heterocycles. The highest BCUT2D eigenvalue weighted by Crippen LogP contribution is 2.35. The lowest BCUT2D eigenvalue weighted by atomic mass is 10.3. The third-order valence-electron chi connectivity index (χ3n) is 1.49. The van der Waals surface area contributed by atoms with E-state index in [0.29, 0.717) is 0 Å². The second-order valence-electron chi connectivity index (χ2n) is 2.49. The molecule has 0 aliphatic heterocycles. The average molecular weight is 277 g/mol. The van der Waals surface area contributed by atoms with Gasteiger partial charge in [0.15, 0.2) is 0 Å². The molecule has 4 nitrogen and oxygen atoms in total. The van der Waals surface area contributed by atoms with Crippen molar-refractivity contribution in [3.8, 4) is 0 Å². The SMILES string of the molecule is NS(=O)(=O)c1cnc(Cl)c(C(F)F)c1Cl. The van der Waals surface area contributed by atoms with Crippen LogP contribution in [0.4, 0.5) is 8.78 Å². The predicted molar refractivity (Wildman–Crippen MR) is 50.6 cm³/mol. The highest BCUT2D eigenvalue weighted by Gasteiger charge is 2.24. The van der Waals surface area contributed by atoms with Crippen molar-refractivity contribution >= 4 is 33.2 Å². The van der Waals surface area contributed by atoms with Crippen LogP contribution in [0.15, 0.2) is 11.1 Å². The second-order valence-corrected chi connectivity index (χ2v) is 4.75. The molecule has 2 N–H and O–H groups in total. The van der Waals surface area contributed by atoms with Gasteiger partial charge in [0.05, 0.1) is 16.8 Å². The van der Waals surface area contributed by atoms with Gasteiger partial charge in [0.2, 0.25) is 10.0 Å². The third-order valence-corrected chi connectivity index (χ3v) is 3.24. The van der Waals surface area contributed by atoms with Gasteiger partial charge in [0.25, 0.3) is 6.43 Å². The number of rotatable bonds is 2. The van der Waals surface area contributed by atoms with Gasteiger partial charge in [-0.2, -0.15) is 0 Å². The minimum absolute atomic E-state index is 0.553. The molecule has 0 fully saturated rings. The Kier molecular flexibility index (Phi) is 3.49. The number of aromatic nitrogens is 1. The van der Waals surface area contributed by atoms with Crippen LogP contribution in [0.3, 0.4) is 0 Å². The first-order valence-electron chi connectivity index (χ1n) is 3.40. The Hall–Kier alpha value is -0.500. The van der Waals surface area contributed by atoms with Gasteiger partial charge >= 0.3 is 0 Å². The van der Waals surface area contributed by atoms with E-state index in [-0.39, 0.29) is 0 Å². The monoisotopic (exact) mass is 276 g/mol. The predicted octanol–water partition coefficient (Wildman–Crippen LogP) is 1.97. The fourth-order valence-electron chi connectivity index (χ4n) is 0.849. The Morgan fingerprint density at radius 2 is 1.93 bits per heavy atom. The zero-order valence-electron chi connectivity index (χ0n) is 6.92. The van der Waals surface area contributed by atoms with Crippen molar-refractivity contribution in [1.29, 1.82) is 0 Å². The standard InChI is InChI=1S/C6H4Cl2F2N2O2S/c7-4-2(15(11,13)14)1-12-5(8)3(4)6(9)10/h1,6H,(H2,11,13,14). The molecule has 1 heterocycles. The summed E-state index contributed by atoms with van der Waals surface area (Å²) in [4.78, 5) is 2.59. The molecule has 0 radical (unpaired) electrons. The molecule has 0 saturated heterocycles. The number of nitrogens with zero attached hydrogens (tertiary/aromatic N) is 1. The van der Waals surface area contributed by atoms with Gasteiger partial charge in [-0.05, 0) is 0 Å². The molecule has 0 spiro atoms. The molecule has 0 aliphatic rings. The van der Waals surface area contributed by atoms with Crippen LogP contribution in [0.2, 0.25) is 10.2 Å². The lowest BCUT2D eigenvalue weighted by Crippen LogP contribution is -2.14. The first kappa shape index (κ1) is 12.6. The summed E-state index contributed by atoms with van der Waals surface area (Å²) in [7, 11) is -4.19. The van der Waals surface area contributed by atoms with Gasteiger partial charge in [0, 0.05) is 0 Å². The van der Waals surface area contributed by atoms with Crippen LogP contribution in [0.25, 0.3) is 0 Å². The molecule has 9 heteroatoms. The third kappa shape index (κ3) is 2.54. The summed E-state index contributed by atoms with van der Waals surface area (Å²) in [5.41, 5.74) is -0.843. The Labute approximate surface area is 94.1 Å². The topological polar surface area (TPSA) is 73.1 Å². The molecule has 84 valence electrons. The highest BCUT2D eigenvalue weighted by atomic mass is 35.5. The summed E-state index contributed by atoms with van der Waals surface area (Å²) in [5.74, 6) is 0. The minimum atomic E-state index is -4.19. The number of alkyl halides is 2. The smallest absolute Gasteiger partial charge is 0.243 e. The van der Waals surface area contributed by atoms with E-state index in [1.54, 1.807) is 0 Å². The molecule has 1 rings (SSSR count). The summed E-state index contributed by atoms with van der Waals surface area (Å²) in [5, 5.41) is 3.48. The van der Waals surface area contributed by atoms with E-state index in [0.717, 1.165) is 6.20 Å². The van der Waals surface area contributed by atoms with E-state index in [9.17, 15) is 17.2 Å². The molecule has 0 aromatic carbocycles. The average Bonchev–Trinajstić information content (AvgIpc) is 2.00. The number of halogens is 4. The van der Waals surface area contributed by atoms with Gasteiger partial charge in [-0.1, -0.05) is 23.2 Å². The summed E-state index contributed by atoms with van der Waals surface area (Å²) >= 11 is 10.8. The number of primary sulfonamides is 1. The van der Waals surface area contributed by atoms with Crippen LogP contribution in [0.1, 0.15) is 12.0 Å². The van der Waals surface area contributed by atoms with Crippen LogP contribution >= 0.6 is 23.2 Å². The Morgan fingerprint density at radius 1 is 1.40 bits per heavy atom. The highest BCUT2D eigenvalue weighted by molar-refractivity contribution is 7.89. The van der Waals surface area contributed by atoms with Crippen LogP contribution in [-0.4, -0.2) is 13.4 Å². The van der Waals surface area contributed by atoms with E-state index in [1.807, 2.05) is 0 Å². The molecule has 0 bridgehead atoms. The number of nitrogens with two attached hydrogens (primary N) is 1. The van der Waals surface area contributed by atoms with Gasteiger partial charge in [-0.15, -0.1) is 0 Å². The Balaban J connectivity index is 3.56. The number of hydrogen-bond acceptors (Lipinski definition) is 3. The van der Waals surface area contributed by atoms with Crippen molar-refractivity contribution in [2.24, 2.45) is 5.14 Å². The van der Waals surface area contributed by atoms with Crippen molar-refractivity contribution in [2.45, 2.75) is 11.3 Å². The van der Waals surface area contributed by atoms with Crippen LogP contribution in [0, 0.1) is 0 Å². The second kappa shape index (κ2) is 4.17. The molecule has 15 heavy (non-hydrogen) atoms. The maximum Gasteiger partial charge on any atom is 0.268 e. The quantitative estimate of drug-likeness (QED) is 0.840. The number of hydrogen-bond donors (Lipinski definition) is 1. The van der Waals surface area contributed by atoms with E-state index < -0.39 is 37.1 Å². The summed E-state index contributed by atoms with van der Waals surface area (Å²) in [6, 6.07) is 0. The van der Waals surface area contributed by atoms with Gasteiger partial charge in [-0.25, -0.2) is 27.3 Å².